The summed E-state index contributed by atoms with van der Waals surface area (Å²) >= 11 is 0. The topological polar surface area (TPSA) is 78.1 Å². The Labute approximate surface area is 75.8 Å². The zero-order valence-corrected chi connectivity index (χ0v) is 7.87. The molecule has 0 saturated heterocycles. The second-order valence-electron chi connectivity index (χ2n) is 0.900. The van der Waals surface area contributed by atoms with Crippen LogP contribution in [-0.4, -0.2) is 12.7 Å². The van der Waals surface area contributed by atoms with E-state index >= 15 is 0 Å². The summed E-state index contributed by atoms with van der Waals surface area (Å²) in [7, 11) is 0. The molecule has 0 aliphatic rings. The average molecular weight is 341 g/mol. The van der Waals surface area contributed by atoms with E-state index < -0.39 is 0 Å². The molecule has 0 bridgehead atoms. The number of halogens is 2. The molecule has 0 fully saturated rings. The van der Waals surface area contributed by atoms with Crippen LogP contribution in [-0.2, 0) is 21.1 Å². The maximum Gasteiger partial charge on any atom is 2.00 e. The van der Waals surface area contributed by atoms with Gasteiger partial charge in [-0.15, -0.1) is 0 Å². The first kappa shape index (κ1) is 22.9. The molecular formula is C2H9Cl2N3Pt. The monoisotopic (exact) mass is 340 g/mol. The van der Waals surface area contributed by atoms with Crippen LogP contribution in [0.2, 0.25) is 0 Å². The van der Waals surface area contributed by atoms with Gasteiger partial charge in [0.25, 0.3) is 0 Å². The molecule has 0 aromatic carbocycles. The van der Waals surface area contributed by atoms with Crippen molar-refractivity contribution < 1.29 is 45.9 Å². The normalized spacial score (nSPS) is 6.00. The van der Waals surface area contributed by atoms with Crippen molar-refractivity contribution in [2.45, 2.75) is 6.17 Å². The molecule has 0 aliphatic heterocycles. The fraction of sp³-hybridized carbons (Fsp3) is 1.00. The first-order chi connectivity index (χ1) is 2.27. The molecule has 0 heterocycles. The fourth-order valence-electron chi connectivity index (χ4n) is 0. The maximum atomic E-state index is 4.94. The summed E-state index contributed by atoms with van der Waals surface area (Å²) in [6.45, 7) is 0.361. The van der Waals surface area contributed by atoms with Crippen molar-refractivity contribution in [3.05, 3.63) is 0 Å². The van der Waals surface area contributed by atoms with Crippen LogP contribution >= 0.6 is 0 Å². The molecule has 0 spiro atoms. The Morgan fingerprint density at radius 2 is 1.25 bits per heavy atom. The predicted octanol–water partition coefficient (Wildman–Crippen LogP) is -7.81. The summed E-state index contributed by atoms with van der Waals surface area (Å²) < 4.78 is 0. The van der Waals surface area contributed by atoms with Crippen molar-refractivity contribution in [1.82, 2.24) is 0 Å². The van der Waals surface area contributed by atoms with E-state index in [-0.39, 0.29) is 52.0 Å². The minimum absolute atomic E-state index is 0. The first-order valence-corrected chi connectivity index (χ1v) is 1.48. The van der Waals surface area contributed by atoms with Gasteiger partial charge in [-0.05, 0) is 0 Å². The summed E-state index contributed by atoms with van der Waals surface area (Å²) in [6, 6.07) is 0. The van der Waals surface area contributed by atoms with Gasteiger partial charge >= 0.3 is 21.1 Å². The zero-order valence-electron chi connectivity index (χ0n) is 4.09. The van der Waals surface area contributed by atoms with Crippen LogP contribution in [0.3, 0.4) is 0 Å². The molecule has 6 N–H and O–H groups in total. The van der Waals surface area contributed by atoms with Crippen molar-refractivity contribution in [2.24, 2.45) is 17.2 Å². The van der Waals surface area contributed by atoms with Gasteiger partial charge in [0.1, 0.15) is 0 Å². The predicted molar refractivity (Wildman–Crippen MR) is 21.2 cm³/mol. The number of rotatable bonds is 1. The second-order valence-corrected chi connectivity index (χ2v) is 0.900. The van der Waals surface area contributed by atoms with Gasteiger partial charge in [0.15, 0.2) is 0 Å². The average Bonchev–Trinajstić information content (AvgIpc) is 1.38. The molecule has 0 atom stereocenters. The van der Waals surface area contributed by atoms with Crippen LogP contribution in [0.25, 0.3) is 0 Å². The molecule has 0 rings (SSSR count). The fourth-order valence-corrected chi connectivity index (χ4v) is 0. The molecule has 0 saturated carbocycles. The third kappa shape index (κ3) is 27.3. The van der Waals surface area contributed by atoms with Crippen molar-refractivity contribution in [1.29, 1.82) is 0 Å². The standard InChI is InChI=1S/C2H9N3.2ClH.Pt/c3-1-2(4)5;;;/h2H,1,3-5H2;2*1H;/q;;;+2/p-2. The molecular weight excluding hydrogens is 332 g/mol. The van der Waals surface area contributed by atoms with Crippen LogP contribution in [0.1, 0.15) is 0 Å². The summed E-state index contributed by atoms with van der Waals surface area (Å²) in [5.74, 6) is 0. The Balaban J connectivity index is -0.0000000267. The van der Waals surface area contributed by atoms with Crippen molar-refractivity contribution >= 4 is 0 Å². The molecule has 0 amide bonds. The Morgan fingerprint density at radius 1 is 1.12 bits per heavy atom. The summed E-state index contributed by atoms with van der Waals surface area (Å²) in [5, 5.41) is 0. The van der Waals surface area contributed by atoms with Crippen molar-refractivity contribution in [3.63, 3.8) is 0 Å². The number of hydrogen-bond donors (Lipinski definition) is 3. The van der Waals surface area contributed by atoms with E-state index in [9.17, 15) is 0 Å². The largest absolute Gasteiger partial charge is 2.00 e. The van der Waals surface area contributed by atoms with Gasteiger partial charge in [0, 0.05) is 6.54 Å². The van der Waals surface area contributed by atoms with E-state index in [2.05, 4.69) is 0 Å². The quantitative estimate of drug-likeness (QED) is 0.415. The van der Waals surface area contributed by atoms with Gasteiger partial charge in [-0.2, -0.15) is 0 Å². The van der Waals surface area contributed by atoms with Crippen LogP contribution < -0.4 is 42.0 Å². The maximum absolute atomic E-state index is 4.94. The molecule has 0 aromatic heterocycles. The van der Waals surface area contributed by atoms with Crippen LogP contribution in [0.4, 0.5) is 0 Å². The molecule has 0 aliphatic carbocycles. The third-order valence-electron chi connectivity index (χ3n) is 0.272. The van der Waals surface area contributed by atoms with Gasteiger partial charge in [0.05, 0.1) is 6.17 Å². The van der Waals surface area contributed by atoms with Crippen LogP contribution in [0.15, 0.2) is 0 Å². The second kappa shape index (κ2) is 15.7. The molecule has 3 nitrogen and oxygen atoms in total. The molecule has 8 heavy (non-hydrogen) atoms. The minimum Gasteiger partial charge on any atom is -1.00 e. The summed E-state index contributed by atoms with van der Waals surface area (Å²) in [6.07, 6.45) is -0.338. The van der Waals surface area contributed by atoms with Gasteiger partial charge in [-0.1, -0.05) is 0 Å². The van der Waals surface area contributed by atoms with Gasteiger partial charge < -0.3 is 42.0 Å². The molecule has 0 aromatic rings. The van der Waals surface area contributed by atoms with E-state index in [1.54, 1.807) is 0 Å². The molecule has 6 heteroatoms. The Hall–Kier alpha value is 1.15. The minimum atomic E-state index is -0.338. The summed E-state index contributed by atoms with van der Waals surface area (Å²) in [5.41, 5.74) is 14.8. The van der Waals surface area contributed by atoms with Crippen LogP contribution in [0, 0.1) is 0 Å². The van der Waals surface area contributed by atoms with E-state index in [1.807, 2.05) is 0 Å². The summed E-state index contributed by atoms with van der Waals surface area (Å²) in [4.78, 5) is 0. The Bertz CT molecular complexity index is 29.2. The Morgan fingerprint density at radius 3 is 1.25 bits per heavy atom. The van der Waals surface area contributed by atoms with Crippen molar-refractivity contribution in [3.8, 4) is 0 Å². The third-order valence-corrected chi connectivity index (χ3v) is 0.272. The molecule has 0 radical (unpaired) electrons. The van der Waals surface area contributed by atoms with E-state index in [4.69, 9.17) is 17.2 Å². The van der Waals surface area contributed by atoms with E-state index in [1.165, 1.54) is 0 Å². The molecule has 56 valence electrons. The first-order valence-electron chi connectivity index (χ1n) is 1.48. The SMILES string of the molecule is NCC(N)N.[Cl-].[Cl-].[Pt+2]. The van der Waals surface area contributed by atoms with Gasteiger partial charge in [-0.25, -0.2) is 0 Å². The molecule has 0 unspecified atom stereocenters. The van der Waals surface area contributed by atoms with Crippen LogP contribution in [0.5, 0.6) is 0 Å². The Kier molecular flexibility index (Phi) is 45.0. The van der Waals surface area contributed by atoms with E-state index in [0.29, 0.717) is 6.54 Å². The smallest absolute Gasteiger partial charge is 1.00 e. The van der Waals surface area contributed by atoms with Gasteiger partial charge in [0.2, 0.25) is 0 Å². The van der Waals surface area contributed by atoms with Crippen molar-refractivity contribution in [2.75, 3.05) is 6.54 Å². The number of nitrogens with two attached hydrogens (primary N) is 3. The zero-order chi connectivity index (χ0) is 4.28. The van der Waals surface area contributed by atoms with Gasteiger partial charge in [-0.3, -0.25) is 0 Å². The number of hydrogen-bond acceptors (Lipinski definition) is 3. The van der Waals surface area contributed by atoms with E-state index in [0.717, 1.165) is 0 Å².